The molecular weight excluding hydrogens is 180 g/mol. The molecule has 1 saturated heterocycles. The zero-order chi connectivity index (χ0) is 9.80. The van der Waals surface area contributed by atoms with E-state index in [4.69, 9.17) is 4.74 Å². The number of carbonyl (C=O) groups is 1. The number of hydrogen-bond donors (Lipinski definition) is 1. The minimum Gasteiger partial charge on any atom is -0.444 e. The highest BCUT2D eigenvalue weighted by molar-refractivity contribution is 5.68. The maximum atomic E-state index is 11.3. The smallest absolute Gasteiger partial charge is 0.412 e. The third kappa shape index (κ3) is 2.03. The van der Waals surface area contributed by atoms with Crippen molar-refractivity contribution in [2.75, 3.05) is 13.3 Å². The van der Waals surface area contributed by atoms with Gasteiger partial charge in [0, 0.05) is 0 Å². The molecule has 0 spiro atoms. The predicted molar refractivity (Wildman–Crippen MR) is 51.3 cm³/mol. The number of benzene rings is 1. The van der Waals surface area contributed by atoms with E-state index < -0.39 is 0 Å². The van der Waals surface area contributed by atoms with Crippen molar-refractivity contribution < 1.29 is 9.53 Å². The topological polar surface area (TPSA) is 41.6 Å². The van der Waals surface area contributed by atoms with Crippen molar-refractivity contribution in [3.8, 4) is 0 Å². The van der Waals surface area contributed by atoms with Gasteiger partial charge in [-0.25, -0.2) is 4.79 Å². The molecule has 0 atom stereocenters. The Morgan fingerprint density at radius 1 is 1.36 bits per heavy atom. The maximum Gasteiger partial charge on any atom is 0.412 e. The Labute approximate surface area is 82.5 Å². The van der Waals surface area contributed by atoms with Crippen molar-refractivity contribution in [2.24, 2.45) is 0 Å². The average Bonchev–Trinajstić information content (AvgIpc) is 2.14. The normalized spacial score (nSPS) is 14.7. The van der Waals surface area contributed by atoms with Crippen LogP contribution in [-0.2, 0) is 11.3 Å². The van der Waals surface area contributed by atoms with Gasteiger partial charge in [-0.1, -0.05) is 30.3 Å². The van der Waals surface area contributed by atoms with Crippen LogP contribution in [0.1, 0.15) is 5.56 Å². The van der Waals surface area contributed by atoms with Crippen molar-refractivity contribution in [3.05, 3.63) is 35.9 Å². The summed E-state index contributed by atoms with van der Waals surface area (Å²) >= 11 is 0. The summed E-state index contributed by atoms with van der Waals surface area (Å²) in [4.78, 5) is 12.9. The lowest BCUT2D eigenvalue weighted by Crippen LogP contribution is -2.54. The Morgan fingerprint density at radius 2 is 2.07 bits per heavy atom. The van der Waals surface area contributed by atoms with E-state index in [-0.39, 0.29) is 6.09 Å². The third-order valence-corrected chi connectivity index (χ3v) is 2.07. The third-order valence-electron chi connectivity index (χ3n) is 2.07. The highest BCUT2D eigenvalue weighted by Gasteiger charge is 2.20. The van der Waals surface area contributed by atoms with E-state index in [1.807, 2.05) is 30.3 Å². The van der Waals surface area contributed by atoms with Crippen LogP contribution in [0.5, 0.6) is 0 Å². The summed E-state index contributed by atoms with van der Waals surface area (Å²) in [5, 5.41) is 2.97. The fourth-order valence-electron chi connectivity index (χ4n) is 1.16. The molecule has 4 heteroatoms. The average molecular weight is 192 g/mol. The van der Waals surface area contributed by atoms with Gasteiger partial charge in [0.1, 0.15) is 6.61 Å². The first-order valence-electron chi connectivity index (χ1n) is 4.52. The van der Waals surface area contributed by atoms with E-state index >= 15 is 0 Å². The molecule has 1 fully saturated rings. The Hall–Kier alpha value is -1.55. The molecule has 1 aromatic carbocycles. The van der Waals surface area contributed by atoms with Crippen LogP contribution in [0.4, 0.5) is 4.79 Å². The maximum absolute atomic E-state index is 11.3. The molecule has 0 bridgehead atoms. The van der Waals surface area contributed by atoms with Gasteiger partial charge in [-0.05, 0) is 5.56 Å². The standard InChI is InChI=1S/C10H12N2O2/c13-10(12-7-11-8-12)14-6-9-4-2-1-3-5-9/h1-5,11H,6-8H2. The lowest BCUT2D eigenvalue weighted by atomic mass is 10.2. The van der Waals surface area contributed by atoms with Crippen LogP contribution in [-0.4, -0.2) is 24.3 Å². The molecule has 0 aliphatic carbocycles. The first-order chi connectivity index (χ1) is 6.86. The summed E-state index contributed by atoms with van der Waals surface area (Å²) in [5.41, 5.74) is 1.01. The van der Waals surface area contributed by atoms with E-state index in [2.05, 4.69) is 5.32 Å². The largest absolute Gasteiger partial charge is 0.444 e. The van der Waals surface area contributed by atoms with Crippen molar-refractivity contribution in [3.63, 3.8) is 0 Å². The van der Waals surface area contributed by atoms with E-state index in [9.17, 15) is 4.79 Å². The SMILES string of the molecule is O=C(OCc1ccccc1)N1CNC1. The Balaban J connectivity index is 1.79. The van der Waals surface area contributed by atoms with Gasteiger partial charge in [0.05, 0.1) is 13.3 Å². The molecule has 14 heavy (non-hydrogen) atoms. The summed E-state index contributed by atoms with van der Waals surface area (Å²) in [6.45, 7) is 1.53. The molecule has 1 amide bonds. The highest BCUT2D eigenvalue weighted by atomic mass is 16.6. The molecule has 4 nitrogen and oxygen atoms in total. The summed E-state index contributed by atoms with van der Waals surface area (Å²) in [7, 11) is 0. The number of hydrogen-bond acceptors (Lipinski definition) is 3. The van der Waals surface area contributed by atoms with Crippen LogP contribution in [0.25, 0.3) is 0 Å². The van der Waals surface area contributed by atoms with Crippen LogP contribution in [0.15, 0.2) is 30.3 Å². The predicted octanol–water partition coefficient (Wildman–Crippen LogP) is 1.14. The van der Waals surface area contributed by atoms with Gasteiger partial charge in [0.2, 0.25) is 0 Å². The molecule has 0 aromatic heterocycles. The van der Waals surface area contributed by atoms with Crippen LogP contribution in [0, 0.1) is 0 Å². The lowest BCUT2D eigenvalue weighted by Gasteiger charge is -2.30. The fourth-order valence-corrected chi connectivity index (χ4v) is 1.16. The lowest BCUT2D eigenvalue weighted by molar-refractivity contribution is 0.0628. The van der Waals surface area contributed by atoms with Crippen LogP contribution < -0.4 is 5.32 Å². The summed E-state index contributed by atoms with van der Waals surface area (Å²) in [5.74, 6) is 0. The summed E-state index contributed by atoms with van der Waals surface area (Å²) < 4.78 is 5.08. The van der Waals surface area contributed by atoms with Gasteiger partial charge < -0.3 is 4.74 Å². The molecule has 1 heterocycles. The van der Waals surface area contributed by atoms with Crippen molar-refractivity contribution in [2.45, 2.75) is 6.61 Å². The zero-order valence-electron chi connectivity index (χ0n) is 7.77. The second-order valence-electron chi connectivity index (χ2n) is 3.15. The van der Waals surface area contributed by atoms with Crippen molar-refractivity contribution in [1.29, 1.82) is 0 Å². The van der Waals surface area contributed by atoms with Gasteiger partial charge >= 0.3 is 6.09 Å². The highest BCUT2D eigenvalue weighted by Crippen LogP contribution is 2.04. The van der Waals surface area contributed by atoms with E-state index in [1.54, 1.807) is 4.90 Å². The quantitative estimate of drug-likeness (QED) is 0.764. The number of ether oxygens (including phenoxy) is 1. The molecule has 0 radical (unpaired) electrons. The van der Waals surface area contributed by atoms with Crippen LogP contribution >= 0.6 is 0 Å². The molecule has 0 unspecified atom stereocenters. The number of carbonyl (C=O) groups excluding carboxylic acids is 1. The van der Waals surface area contributed by atoms with Gasteiger partial charge in [0.25, 0.3) is 0 Å². The molecule has 1 N–H and O–H groups in total. The van der Waals surface area contributed by atoms with Gasteiger partial charge in [-0.3, -0.25) is 10.2 Å². The summed E-state index contributed by atoms with van der Waals surface area (Å²) in [6.07, 6.45) is -0.257. The molecule has 2 rings (SSSR count). The number of nitrogens with one attached hydrogen (secondary N) is 1. The van der Waals surface area contributed by atoms with E-state index in [1.165, 1.54) is 0 Å². The number of nitrogens with zero attached hydrogens (tertiary/aromatic N) is 1. The van der Waals surface area contributed by atoms with E-state index in [0.717, 1.165) is 5.56 Å². The first kappa shape index (κ1) is 9.02. The van der Waals surface area contributed by atoms with Gasteiger partial charge in [-0.15, -0.1) is 0 Å². The Kier molecular flexibility index (Phi) is 2.65. The summed E-state index contributed by atoms with van der Waals surface area (Å²) in [6, 6.07) is 9.65. The van der Waals surface area contributed by atoms with Crippen molar-refractivity contribution >= 4 is 6.09 Å². The molecule has 1 aromatic rings. The monoisotopic (exact) mass is 192 g/mol. The second kappa shape index (κ2) is 4.11. The molecule has 74 valence electrons. The van der Waals surface area contributed by atoms with E-state index in [0.29, 0.717) is 19.9 Å². The van der Waals surface area contributed by atoms with Crippen LogP contribution in [0.3, 0.4) is 0 Å². The minimum atomic E-state index is -0.257. The molecule has 1 aliphatic rings. The molecule has 0 saturated carbocycles. The molecule has 1 aliphatic heterocycles. The Morgan fingerprint density at radius 3 is 2.64 bits per heavy atom. The minimum absolute atomic E-state index is 0.257. The van der Waals surface area contributed by atoms with Crippen molar-refractivity contribution in [1.82, 2.24) is 10.2 Å². The zero-order valence-corrected chi connectivity index (χ0v) is 7.77. The number of rotatable bonds is 2. The molecular formula is C10H12N2O2. The second-order valence-corrected chi connectivity index (χ2v) is 3.15. The fraction of sp³-hybridized carbons (Fsp3) is 0.300. The number of amides is 1. The van der Waals surface area contributed by atoms with Gasteiger partial charge in [-0.2, -0.15) is 0 Å². The van der Waals surface area contributed by atoms with Crippen LogP contribution in [0.2, 0.25) is 0 Å². The Bertz CT molecular complexity index is 309. The van der Waals surface area contributed by atoms with Gasteiger partial charge in [0.15, 0.2) is 0 Å². The first-order valence-corrected chi connectivity index (χ1v) is 4.52.